The van der Waals surface area contributed by atoms with Gasteiger partial charge in [-0.2, -0.15) is 0 Å². The maximum Gasteiger partial charge on any atom is 0.330 e. The normalized spacial score (nSPS) is 23.0. The minimum absolute atomic E-state index is 0.147. The van der Waals surface area contributed by atoms with Gasteiger partial charge < -0.3 is 9.84 Å². The molecule has 1 aromatic rings. The summed E-state index contributed by atoms with van der Waals surface area (Å²) in [6, 6.07) is 7.05. The first-order valence-corrected chi connectivity index (χ1v) is 7.40. The fraction of sp³-hybridized carbons (Fsp3) is 0.412. The van der Waals surface area contributed by atoms with Crippen LogP contribution in [0, 0.1) is 10.8 Å². The highest BCUT2D eigenvalue weighted by Gasteiger charge is 2.66. The van der Waals surface area contributed by atoms with E-state index in [4.69, 9.17) is 21.4 Å². The number of hydrogen-bond donors (Lipinski definition) is 1. The van der Waals surface area contributed by atoms with Crippen molar-refractivity contribution in [3.63, 3.8) is 0 Å². The van der Waals surface area contributed by atoms with Gasteiger partial charge in [0.2, 0.25) is 0 Å². The molecular weight excluding hydrogens is 304 g/mol. The molecule has 1 aromatic carbocycles. The van der Waals surface area contributed by atoms with Crippen molar-refractivity contribution in [1.82, 2.24) is 0 Å². The Kier molecular flexibility index (Phi) is 4.34. The summed E-state index contributed by atoms with van der Waals surface area (Å²) in [5.74, 6) is -1.40. The van der Waals surface area contributed by atoms with Crippen LogP contribution >= 0.6 is 11.6 Å². The standard InChI is InChI=1S/C17H19ClO4/c1-11(14(19)20)8-17(10-16(17,2)3)15(21)22-9-12-4-6-13(18)7-5-12/h4-8H,9-10H2,1-3H3,(H,19,20)/b11-8+. The molecule has 0 amide bonds. The summed E-state index contributed by atoms with van der Waals surface area (Å²) in [5, 5.41) is 9.65. The second-order valence-corrected chi connectivity index (χ2v) is 6.80. The molecule has 0 aromatic heterocycles. The van der Waals surface area contributed by atoms with Crippen molar-refractivity contribution in [1.29, 1.82) is 0 Å². The summed E-state index contributed by atoms with van der Waals surface area (Å²) in [4.78, 5) is 23.5. The number of rotatable bonds is 5. The van der Waals surface area contributed by atoms with Gasteiger partial charge in [0, 0.05) is 10.6 Å². The third-order valence-corrected chi connectivity index (χ3v) is 4.50. The van der Waals surface area contributed by atoms with Crippen LogP contribution in [0.5, 0.6) is 0 Å². The molecule has 2 rings (SSSR count). The van der Waals surface area contributed by atoms with Crippen LogP contribution in [0.4, 0.5) is 0 Å². The Morgan fingerprint density at radius 3 is 2.32 bits per heavy atom. The lowest BCUT2D eigenvalue weighted by atomic mass is 9.93. The predicted molar refractivity (Wildman–Crippen MR) is 83.5 cm³/mol. The first kappa shape index (κ1) is 16.6. The lowest BCUT2D eigenvalue weighted by Crippen LogP contribution is -2.23. The lowest BCUT2D eigenvalue weighted by Gasteiger charge is -2.16. The van der Waals surface area contributed by atoms with Gasteiger partial charge in [-0.15, -0.1) is 0 Å². The highest BCUT2D eigenvalue weighted by molar-refractivity contribution is 6.30. The fourth-order valence-electron chi connectivity index (χ4n) is 2.60. The van der Waals surface area contributed by atoms with Gasteiger partial charge in [-0.25, -0.2) is 4.79 Å². The first-order chi connectivity index (χ1) is 10.2. The summed E-state index contributed by atoms with van der Waals surface area (Å²) in [6.45, 7) is 5.50. The number of esters is 1. The quantitative estimate of drug-likeness (QED) is 0.661. The van der Waals surface area contributed by atoms with E-state index in [-0.39, 0.29) is 23.6 Å². The number of hydrogen-bond acceptors (Lipinski definition) is 3. The van der Waals surface area contributed by atoms with E-state index < -0.39 is 11.4 Å². The van der Waals surface area contributed by atoms with E-state index in [9.17, 15) is 9.59 Å². The van der Waals surface area contributed by atoms with Gasteiger partial charge in [0.25, 0.3) is 0 Å². The average molecular weight is 323 g/mol. The third-order valence-electron chi connectivity index (χ3n) is 4.25. The third kappa shape index (κ3) is 3.17. The number of carboxylic acid groups (broad SMARTS) is 1. The Morgan fingerprint density at radius 1 is 1.32 bits per heavy atom. The molecule has 1 aliphatic rings. The number of carbonyl (C=O) groups excluding carboxylic acids is 1. The number of aliphatic carboxylic acids is 1. The molecule has 0 saturated heterocycles. The minimum Gasteiger partial charge on any atom is -0.478 e. The Bertz CT molecular complexity index is 631. The SMILES string of the molecule is C/C(=C\C1(C(=O)OCc2ccc(Cl)cc2)CC1(C)C)C(=O)O. The van der Waals surface area contributed by atoms with Gasteiger partial charge in [-0.3, -0.25) is 4.79 Å². The molecule has 1 atom stereocenters. The zero-order valence-electron chi connectivity index (χ0n) is 12.9. The lowest BCUT2D eigenvalue weighted by molar-refractivity contribution is -0.150. The summed E-state index contributed by atoms with van der Waals surface area (Å²) < 4.78 is 5.39. The molecule has 1 aliphatic carbocycles. The van der Waals surface area contributed by atoms with Gasteiger partial charge in [0.1, 0.15) is 6.61 Å². The Hall–Kier alpha value is -1.81. The van der Waals surface area contributed by atoms with Crippen LogP contribution in [0.3, 0.4) is 0 Å². The van der Waals surface area contributed by atoms with Crippen LogP contribution in [0.1, 0.15) is 32.8 Å². The van der Waals surface area contributed by atoms with Gasteiger partial charge >= 0.3 is 11.9 Å². The van der Waals surface area contributed by atoms with Gasteiger partial charge in [-0.05, 0) is 36.5 Å². The zero-order chi connectivity index (χ0) is 16.5. The second-order valence-electron chi connectivity index (χ2n) is 6.37. The highest BCUT2D eigenvalue weighted by atomic mass is 35.5. The van der Waals surface area contributed by atoms with E-state index in [0.29, 0.717) is 11.4 Å². The van der Waals surface area contributed by atoms with Crippen molar-refractivity contribution in [3.8, 4) is 0 Å². The molecule has 1 N–H and O–H groups in total. The Balaban J connectivity index is 2.10. The summed E-state index contributed by atoms with van der Waals surface area (Å²) in [7, 11) is 0. The monoisotopic (exact) mass is 322 g/mol. The molecule has 0 bridgehead atoms. The smallest absolute Gasteiger partial charge is 0.330 e. The van der Waals surface area contributed by atoms with Crippen molar-refractivity contribution in [3.05, 3.63) is 46.5 Å². The van der Waals surface area contributed by atoms with Crippen molar-refractivity contribution < 1.29 is 19.4 Å². The topological polar surface area (TPSA) is 63.6 Å². The zero-order valence-corrected chi connectivity index (χ0v) is 13.6. The molecule has 0 aliphatic heterocycles. The van der Waals surface area contributed by atoms with E-state index in [1.165, 1.54) is 13.0 Å². The molecule has 1 fully saturated rings. The number of halogens is 1. The summed E-state index contributed by atoms with van der Waals surface area (Å²) in [5.41, 5.74) is -0.137. The number of benzene rings is 1. The Labute approximate surface area is 134 Å². The van der Waals surface area contributed by atoms with Crippen molar-refractivity contribution in [2.24, 2.45) is 10.8 Å². The molecule has 118 valence electrons. The molecule has 1 saturated carbocycles. The number of carbonyl (C=O) groups is 2. The van der Waals surface area contributed by atoms with Crippen LogP contribution in [-0.4, -0.2) is 17.0 Å². The largest absolute Gasteiger partial charge is 0.478 e. The van der Waals surface area contributed by atoms with E-state index in [1.54, 1.807) is 24.3 Å². The van der Waals surface area contributed by atoms with E-state index in [2.05, 4.69) is 0 Å². The number of carboxylic acids is 1. The summed E-state index contributed by atoms with van der Waals surface area (Å²) >= 11 is 5.81. The highest BCUT2D eigenvalue weighted by Crippen LogP contribution is 2.65. The fourth-order valence-corrected chi connectivity index (χ4v) is 2.72. The molecule has 1 unspecified atom stereocenters. The minimum atomic E-state index is -1.02. The molecule has 0 spiro atoms. The van der Waals surface area contributed by atoms with Crippen LogP contribution in [0.2, 0.25) is 5.02 Å². The summed E-state index contributed by atoms with van der Waals surface area (Å²) in [6.07, 6.45) is 2.11. The predicted octanol–water partition coefficient (Wildman–Crippen LogP) is 3.83. The molecule has 0 heterocycles. The second kappa shape index (κ2) is 5.76. The average Bonchev–Trinajstić information content (AvgIpc) is 3.00. The van der Waals surface area contributed by atoms with Crippen LogP contribution in [-0.2, 0) is 20.9 Å². The van der Waals surface area contributed by atoms with Crippen LogP contribution in [0.25, 0.3) is 0 Å². The van der Waals surface area contributed by atoms with E-state index >= 15 is 0 Å². The molecule has 4 nitrogen and oxygen atoms in total. The Morgan fingerprint density at radius 2 is 1.86 bits per heavy atom. The van der Waals surface area contributed by atoms with E-state index in [0.717, 1.165) is 5.56 Å². The van der Waals surface area contributed by atoms with Crippen molar-refractivity contribution in [2.45, 2.75) is 33.8 Å². The van der Waals surface area contributed by atoms with E-state index in [1.807, 2.05) is 13.8 Å². The molecular formula is C17H19ClO4. The van der Waals surface area contributed by atoms with Crippen molar-refractivity contribution in [2.75, 3.05) is 0 Å². The molecule has 5 heteroatoms. The first-order valence-electron chi connectivity index (χ1n) is 7.02. The van der Waals surface area contributed by atoms with Crippen molar-refractivity contribution >= 4 is 23.5 Å². The van der Waals surface area contributed by atoms with Gasteiger partial charge in [0.15, 0.2) is 0 Å². The number of ether oxygens (including phenoxy) is 1. The van der Waals surface area contributed by atoms with Crippen LogP contribution in [0.15, 0.2) is 35.9 Å². The molecule has 22 heavy (non-hydrogen) atoms. The molecule has 0 radical (unpaired) electrons. The maximum absolute atomic E-state index is 12.5. The van der Waals surface area contributed by atoms with Crippen LogP contribution < -0.4 is 0 Å². The maximum atomic E-state index is 12.5. The van der Waals surface area contributed by atoms with Gasteiger partial charge in [-0.1, -0.05) is 43.7 Å². The van der Waals surface area contributed by atoms with Gasteiger partial charge in [0.05, 0.1) is 5.41 Å².